The molecule has 4 aromatic rings. The first-order chi connectivity index (χ1) is 18.8. The Morgan fingerprint density at radius 2 is 1.52 bits per heavy atom. The maximum Gasteiger partial charge on any atom is 0.416 e. The van der Waals surface area contributed by atoms with Crippen LogP contribution in [0.2, 0.25) is 0 Å². The van der Waals surface area contributed by atoms with E-state index < -0.39 is 47.2 Å². The van der Waals surface area contributed by atoms with Crippen LogP contribution >= 0.6 is 0 Å². The van der Waals surface area contributed by atoms with Crippen molar-refractivity contribution < 1.29 is 35.5 Å². The van der Waals surface area contributed by atoms with Crippen molar-refractivity contribution in [3.05, 3.63) is 87.0 Å². The van der Waals surface area contributed by atoms with E-state index in [1.807, 2.05) is 0 Å². The van der Waals surface area contributed by atoms with E-state index in [0.717, 1.165) is 6.07 Å². The minimum absolute atomic E-state index is 0.0317. The van der Waals surface area contributed by atoms with Crippen LogP contribution in [-0.2, 0) is 18.9 Å². The Hall–Kier alpha value is -4.13. The molecule has 0 saturated carbocycles. The lowest BCUT2D eigenvalue weighted by molar-refractivity contribution is -0.143. The molecule has 1 saturated heterocycles. The number of nitrogens with one attached hydrogen (secondary N) is 1. The van der Waals surface area contributed by atoms with Crippen LogP contribution in [0.25, 0.3) is 22.3 Å². The second-order valence-electron chi connectivity index (χ2n) is 9.68. The second-order valence-corrected chi connectivity index (χ2v) is 9.68. The number of alkyl halides is 6. The lowest BCUT2D eigenvalue weighted by atomic mass is 10.0. The fourth-order valence-corrected chi connectivity index (χ4v) is 5.40. The molecule has 2 aromatic carbocycles. The Bertz CT molecular complexity index is 1710. The number of anilines is 1. The third kappa shape index (κ3) is 4.15. The van der Waals surface area contributed by atoms with Crippen molar-refractivity contribution in [2.45, 2.75) is 18.9 Å². The molecule has 2 aliphatic rings. The molecule has 13 heteroatoms. The Kier molecular flexibility index (Phi) is 5.84. The van der Waals surface area contributed by atoms with Crippen molar-refractivity contribution in [2.75, 3.05) is 31.1 Å². The quantitative estimate of drug-likeness (QED) is 0.310. The summed E-state index contributed by atoms with van der Waals surface area (Å²) in [7, 11) is 0. The molecule has 2 aromatic heterocycles. The first kappa shape index (κ1) is 26.1. The zero-order valence-corrected chi connectivity index (χ0v) is 20.5. The molecule has 1 N–H and O–H groups in total. The van der Waals surface area contributed by atoms with E-state index in [-0.39, 0.29) is 45.2 Å². The minimum Gasteiger partial charge on any atom is -0.367 e. The maximum atomic E-state index is 15.3. The monoisotopic (exact) mass is 564 g/mol. The highest BCUT2D eigenvalue weighted by molar-refractivity contribution is 6.10. The number of carbonyl (C=O) groups excluding carboxylic acids is 1. The molecular weight excluding hydrogens is 545 g/mol. The van der Waals surface area contributed by atoms with Crippen molar-refractivity contribution in [3.63, 3.8) is 0 Å². The summed E-state index contributed by atoms with van der Waals surface area (Å²) < 4.78 is 99.4. The lowest BCUT2D eigenvalue weighted by Crippen LogP contribution is -2.43. The highest BCUT2D eigenvalue weighted by Crippen LogP contribution is 2.39. The number of pyridine rings is 1. The maximum absolute atomic E-state index is 15.3. The number of benzene rings is 2. The van der Waals surface area contributed by atoms with Gasteiger partial charge in [0.05, 0.1) is 33.7 Å². The highest BCUT2D eigenvalue weighted by atomic mass is 19.4. The van der Waals surface area contributed by atoms with Crippen LogP contribution in [-0.4, -0.2) is 41.2 Å². The van der Waals surface area contributed by atoms with Crippen LogP contribution in [0.4, 0.5) is 36.4 Å². The van der Waals surface area contributed by atoms with E-state index in [1.165, 1.54) is 33.5 Å². The highest BCUT2D eigenvalue weighted by Gasteiger charge is 2.38. The third-order valence-electron chi connectivity index (χ3n) is 7.20. The average Bonchev–Trinajstić information content (AvgIpc) is 3.48. The number of piperazine rings is 1. The molecule has 6 rings (SSSR count). The largest absolute Gasteiger partial charge is 0.416 e. The molecular formula is C27H19F7N4O2. The molecule has 6 nitrogen and oxygen atoms in total. The normalized spacial score (nSPS) is 15.6. The van der Waals surface area contributed by atoms with Gasteiger partial charge in [0.25, 0.3) is 5.91 Å². The van der Waals surface area contributed by atoms with E-state index in [9.17, 15) is 35.9 Å². The number of aromatic nitrogens is 2. The summed E-state index contributed by atoms with van der Waals surface area (Å²) in [6, 6.07) is 6.61. The summed E-state index contributed by atoms with van der Waals surface area (Å²) in [6.45, 7) is 1.42. The smallest absolute Gasteiger partial charge is 0.367 e. The van der Waals surface area contributed by atoms with Crippen molar-refractivity contribution in [2.24, 2.45) is 0 Å². The predicted molar refractivity (Wildman–Crippen MR) is 132 cm³/mol. The fraction of sp³-hybridized carbons (Fsp3) is 0.259. The van der Waals surface area contributed by atoms with Crippen LogP contribution in [0.3, 0.4) is 0 Å². The Labute approximate surface area is 221 Å². The molecule has 4 heterocycles. The molecule has 0 radical (unpaired) electrons. The summed E-state index contributed by atoms with van der Waals surface area (Å²) in [5.41, 5.74) is -3.97. The third-order valence-corrected chi connectivity index (χ3v) is 7.20. The summed E-state index contributed by atoms with van der Waals surface area (Å²) >= 11 is 0. The van der Waals surface area contributed by atoms with Gasteiger partial charge < -0.3 is 14.8 Å². The first-order valence-electron chi connectivity index (χ1n) is 12.2. The van der Waals surface area contributed by atoms with Crippen LogP contribution in [0.1, 0.15) is 27.0 Å². The van der Waals surface area contributed by atoms with Crippen molar-refractivity contribution in [3.8, 4) is 11.4 Å². The number of carbonyl (C=O) groups is 1. The van der Waals surface area contributed by atoms with Crippen molar-refractivity contribution in [1.82, 2.24) is 14.5 Å². The molecule has 0 aliphatic carbocycles. The summed E-state index contributed by atoms with van der Waals surface area (Å²) in [4.78, 5) is 28.3. The van der Waals surface area contributed by atoms with Gasteiger partial charge in [-0.2, -0.15) is 26.3 Å². The number of hydrogen-bond donors (Lipinski definition) is 1. The molecule has 208 valence electrons. The van der Waals surface area contributed by atoms with E-state index in [2.05, 4.69) is 5.32 Å². The first-order valence-corrected chi connectivity index (χ1v) is 12.2. The standard InChI is InChI=1S/C27H19F7N4O2/c28-18-11-17-20(12-21(18)36-6-3-35-4-7-36)38(23-19-2-1-5-37(19)25(40)22(23)24(17)39)13-14-8-15(26(29,30)31)10-16(9-14)27(32,33)34/h1-2,5,8-12,35H,3-4,6-7,13H2. The van der Waals surface area contributed by atoms with Gasteiger partial charge in [-0.05, 0) is 48.0 Å². The molecule has 40 heavy (non-hydrogen) atoms. The van der Waals surface area contributed by atoms with E-state index in [1.54, 1.807) is 4.90 Å². The topological polar surface area (TPSA) is 59.3 Å². The van der Waals surface area contributed by atoms with E-state index in [0.29, 0.717) is 38.3 Å². The summed E-state index contributed by atoms with van der Waals surface area (Å²) in [5.74, 6) is -1.45. The van der Waals surface area contributed by atoms with Crippen LogP contribution < -0.4 is 15.6 Å². The summed E-state index contributed by atoms with van der Waals surface area (Å²) in [6.07, 6.45) is -8.73. The Balaban J connectivity index is 1.65. The van der Waals surface area contributed by atoms with Crippen molar-refractivity contribution >= 4 is 22.5 Å². The van der Waals surface area contributed by atoms with Gasteiger partial charge in [0.15, 0.2) is 0 Å². The summed E-state index contributed by atoms with van der Waals surface area (Å²) in [5, 5.41) is 2.92. The molecule has 2 aliphatic heterocycles. The molecule has 0 amide bonds. The number of rotatable bonds is 3. The van der Waals surface area contributed by atoms with Gasteiger partial charge in [-0.25, -0.2) is 4.39 Å². The Morgan fingerprint density at radius 1 is 0.875 bits per heavy atom. The van der Waals surface area contributed by atoms with Gasteiger partial charge in [0, 0.05) is 44.3 Å². The zero-order valence-electron chi connectivity index (χ0n) is 20.5. The Morgan fingerprint density at radius 3 is 2.15 bits per heavy atom. The average molecular weight is 564 g/mol. The molecule has 0 unspecified atom stereocenters. The second kappa shape index (κ2) is 8.95. The van der Waals surface area contributed by atoms with Gasteiger partial charge >= 0.3 is 12.4 Å². The van der Waals surface area contributed by atoms with Crippen molar-refractivity contribution in [1.29, 1.82) is 0 Å². The SMILES string of the molecule is O=C1c2c(n(Cc3cc(C(F)(F)F)cc(C(F)(F)F)c3)c3cc(N4CCNCC4)c(F)cc3c2=O)-c2cccn21. The van der Waals surface area contributed by atoms with Crippen LogP contribution in [0.15, 0.2) is 53.5 Å². The van der Waals surface area contributed by atoms with E-state index in [4.69, 9.17) is 0 Å². The minimum atomic E-state index is -5.06. The van der Waals surface area contributed by atoms with E-state index >= 15 is 4.39 Å². The molecule has 0 atom stereocenters. The number of hydrogen-bond acceptors (Lipinski definition) is 4. The van der Waals surface area contributed by atoms with Crippen LogP contribution in [0.5, 0.6) is 0 Å². The zero-order chi connectivity index (χ0) is 28.6. The molecule has 0 bridgehead atoms. The number of fused-ring (bicyclic) bond motifs is 4. The lowest BCUT2D eigenvalue weighted by Gasteiger charge is -2.30. The van der Waals surface area contributed by atoms with Crippen LogP contribution in [0, 0.1) is 5.82 Å². The van der Waals surface area contributed by atoms with Gasteiger partial charge in [-0.3, -0.25) is 14.2 Å². The predicted octanol–water partition coefficient (Wildman–Crippen LogP) is 5.11. The fourth-order valence-electron chi connectivity index (χ4n) is 5.40. The molecule has 1 fully saturated rings. The van der Waals surface area contributed by atoms with Gasteiger partial charge in [-0.15, -0.1) is 0 Å². The number of nitrogens with zero attached hydrogens (tertiary/aromatic N) is 3. The van der Waals surface area contributed by atoms with Gasteiger partial charge in [0.2, 0.25) is 5.43 Å². The van der Waals surface area contributed by atoms with Gasteiger partial charge in [0.1, 0.15) is 11.4 Å². The van der Waals surface area contributed by atoms with Gasteiger partial charge in [-0.1, -0.05) is 0 Å². The number of halogens is 7. The molecule has 0 spiro atoms.